The summed E-state index contributed by atoms with van der Waals surface area (Å²) in [4.78, 5) is 4.32. The molecule has 0 amide bonds. The van der Waals surface area contributed by atoms with Crippen molar-refractivity contribution >= 4 is 5.69 Å². The lowest BCUT2D eigenvalue weighted by atomic mass is 10.2. The summed E-state index contributed by atoms with van der Waals surface area (Å²) in [5.41, 5.74) is 8.83. The molecule has 1 atom stereocenters. The molecule has 0 radical (unpaired) electrons. The summed E-state index contributed by atoms with van der Waals surface area (Å²) >= 11 is 0. The summed E-state index contributed by atoms with van der Waals surface area (Å²) in [6, 6.07) is 4.45. The number of pyridine rings is 1. The minimum absolute atomic E-state index is 0.358. The van der Waals surface area contributed by atoms with Gasteiger partial charge in [-0.1, -0.05) is 6.92 Å². The summed E-state index contributed by atoms with van der Waals surface area (Å²) in [7, 11) is 0. The molecule has 0 spiro atoms. The molecule has 1 aromatic heterocycles. The van der Waals surface area contributed by atoms with Crippen LogP contribution in [0, 0.1) is 13.8 Å². The van der Waals surface area contributed by atoms with E-state index in [1.54, 1.807) is 0 Å². The van der Waals surface area contributed by atoms with Gasteiger partial charge in [-0.05, 0) is 32.4 Å². The molecule has 0 fully saturated rings. The lowest BCUT2D eigenvalue weighted by molar-refractivity contribution is 0.703. The van der Waals surface area contributed by atoms with Crippen LogP contribution in [-0.4, -0.2) is 17.6 Å². The molecule has 0 bridgehead atoms. The van der Waals surface area contributed by atoms with Crippen LogP contribution in [0.25, 0.3) is 0 Å². The van der Waals surface area contributed by atoms with Crippen molar-refractivity contribution in [1.29, 1.82) is 0 Å². The number of nitrogens with zero attached hydrogens (tertiary/aromatic N) is 1. The van der Waals surface area contributed by atoms with E-state index in [0.717, 1.165) is 23.5 Å². The first-order valence-electron chi connectivity index (χ1n) is 5.07. The van der Waals surface area contributed by atoms with Crippen LogP contribution >= 0.6 is 0 Å². The van der Waals surface area contributed by atoms with Crippen molar-refractivity contribution in [2.24, 2.45) is 5.73 Å². The SMILES string of the molecule is CCC(CN)Nc1cc(C)nc(C)c1. The zero-order valence-corrected chi connectivity index (χ0v) is 9.17. The van der Waals surface area contributed by atoms with E-state index in [0.29, 0.717) is 12.6 Å². The Morgan fingerprint density at radius 3 is 2.36 bits per heavy atom. The van der Waals surface area contributed by atoms with Gasteiger partial charge in [-0.15, -0.1) is 0 Å². The Bertz CT molecular complexity index is 272. The first-order valence-corrected chi connectivity index (χ1v) is 5.07. The van der Waals surface area contributed by atoms with E-state index in [1.165, 1.54) is 0 Å². The van der Waals surface area contributed by atoms with Crippen LogP contribution in [0.1, 0.15) is 24.7 Å². The monoisotopic (exact) mass is 193 g/mol. The van der Waals surface area contributed by atoms with Crippen molar-refractivity contribution in [3.63, 3.8) is 0 Å². The van der Waals surface area contributed by atoms with Crippen LogP contribution in [0.4, 0.5) is 5.69 Å². The maximum Gasteiger partial charge on any atom is 0.0396 e. The quantitative estimate of drug-likeness (QED) is 0.767. The molecule has 1 aromatic rings. The number of anilines is 1. The molecule has 3 nitrogen and oxygen atoms in total. The Balaban J connectivity index is 2.75. The van der Waals surface area contributed by atoms with Gasteiger partial charge in [-0.3, -0.25) is 4.98 Å². The molecule has 14 heavy (non-hydrogen) atoms. The summed E-state index contributed by atoms with van der Waals surface area (Å²) in [6.45, 7) is 6.80. The van der Waals surface area contributed by atoms with Crippen LogP contribution in [0.5, 0.6) is 0 Å². The molecule has 3 N–H and O–H groups in total. The van der Waals surface area contributed by atoms with Crippen molar-refractivity contribution in [3.8, 4) is 0 Å². The summed E-state index contributed by atoms with van der Waals surface area (Å²) in [5, 5.41) is 3.40. The largest absolute Gasteiger partial charge is 0.381 e. The van der Waals surface area contributed by atoms with Gasteiger partial charge in [0.1, 0.15) is 0 Å². The molecule has 0 aliphatic heterocycles. The number of hydrogen-bond donors (Lipinski definition) is 2. The second-order valence-electron chi connectivity index (χ2n) is 3.62. The van der Waals surface area contributed by atoms with Gasteiger partial charge in [-0.2, -0.15) is 0 Å². The molecule has 0 aromatic carbocycles. The zero-order chi connectivity index (χ0) is 10.6. The van der Waals surface area contributed by atoms with Gasteiger partial charge in [0.05, 0.1) is 0 Å². The molecule has 1 rings (SSSR count). The maximum atomic E-state index is 5.63. The Morgan fingerprint density at radius 1 is 1.36 bits per heavy atom. The van der Waals surface area contributed by atoms with Gasteiger partial charge in [-0.25, -0.2) is 0 Å². The van der Waals surface area contributed by atoms with Gasteiger partial charge in [0.15, 0.2) is 0 Å². The summed E-state index contributed by atoms with van der Waals surface area (Å²) in [5.74, 6) is 0. The van der Waals surface area contributed by atoms with Crippen LogP contribution in [0.15, 0.2) is 12.1 Å². The van der Waals surface area contributed by atoms with E-state index in [4.69, 9.17) is 5.73 Å². The van der Waals surface area contributed by atoms with Gasteiger partial charge in [0.25, 0.3) is 0 Å². The fourth-order valence-electron chi connectivity index (χ4n) is 1.48. The number of aromatic nitrogens is 1. The Hall–Kier alpha value is -1.09. The highest BCUT2D eigenvalue weighted by Gasteiger charge is 2.03. The van der Waals surface area contributed by atoms with E-state index in [1.807, 2.05) is 26.0 Å². The average Bonchev–Trinajstić information content (AvgIpc) is 2.12. The van der Waals surface area contributed by atoms with Gasteiger partial charge in [0, 0.05) is 29.7 Å². The fraction of sp³-hybridized carbons (Fsp3) is 0.545. The fourth-order valence-corrected chi connectivity index (χ4v) is 1.48. The third kappa shape index (κ3) is 3.00. The molecule has 1 unspecified atom stereocenters. The minimum atomic E-state index is 0.358. The smallest absolute Gasteiger partial charge is 0.0396 e. The van der Waals surface area contributed by atoms with E-state index in [-0.39, 0.29) is 0 Å². The van der Waals surface area contributed by atoms with Crippen molar-refractivity contribution in [3.05, 3.63) is 23.5 Å². The third-order valence-electron chi connectivity index (χ3n) is 2.23. The summed E-state index contributed by atoms with van der Waals surface area (Å²) < 4.78 is 0. The Labute approximate surface area is 85.7 Å². The number of nitrogens with one attached hydrogen (secondary N) is 1. The summed E-state index contributed by atoms with van der Waals surface area (Å²) in [6.07, 6.45) is 1.04. The molecule has 0 saturated heterocycles. The predicted molar refractivity (Wildman–Crippen MR) is 60.5 cm³/mol. The Kier molecular flexibility index (Phi) is 3.89. The van der Waals surface area contributed by atoms with E-state index in [2.05, 4.69) is 17.2 Å². The van der Waals surface area contributed by atoms with Crippen LogP contribution < -0.4 is 11.1 Å². The first-order chi connectivity index (χ1) is 6.65. The van der Waals surface area contributed by atoms with Crippen LogP contribution in [0.3, 0.4) is 0 Å². The average molecular weight is 193 g/mol. The highest BCUT2D eigenvalue weighted by atomic mass is 14.9. The molecule has 0 aliphatic carbocycles. The van der Waals surface area contributed by atoms with E-state index in [9.17, 15) is 0 Å². The van der Waals surface area contributed by atoms with Gasteiger partial charge < -0.3 is 11.1 Å². The van der Waals surface area contributed by atoms with Gasteiger partial charge in [0.2, 0.25) is 0 Å². The van der Waals surface area contributed by atoms with Crippen LogP contribution in [-0.2, 0) is 0 Å². The minimum Gasteiger partial charge on any atom is -0.381 e. The topological polar surface area (TPSA) is 50.9 Å². The van der Waals surface area contributed by atoms with Crippen molar-refractivity contribution in [1.82, 2.24) is 4.98 Å². The molecular formula is C11H19N3. The predicted octanol–water partition coefficient (Wildman–Crippen LogP) is 1.85. The van der Waals surface area contributed by atoms with Crippen molar-refractivity contribution < 1.29 is 0 Å². The molecule has 1 heterocycles. The molecule has 0 saturated carbocycles. The van der Waals surface area contributed by atoms with Crippen LogP contribution in [0.2, 0.25) is 0 Å². The standard InChI is InChI=1S/C11H19N3/c1-4-10(7-12)14-11-5-8(2)13-9(3)6-11/h5-6,10H,4,7,12H2,1-3H3,(H,13,14). The third-order valence-corrected chi connectivity index (χ3v) is 2.23. The number of rotatable bonds is 4. The molecule has 0 aliphatic rings. The highest BCUT2D eigenvalue weighted by molar-refractivity contribution is 5.46. The maximum absolute atomic E-state index is 5.63. The zero-order valence-electron chi connectivity index (χ0n) is 9.17. The first kappa shape index (κ1) is 11.0. The van der Waals surface area contributed by atoms with E-state index < -0.39 is 0 Å². The van der Waals surface area contributed by atoms with Gasteiger partial charge >= 0.3 is 0 Å². The molecule has 78 valence electrons. The normalized spacial score (nSPS) is 12.6. The highest BCUT2D eigenvalue weighted by Crippen LogP contribution is 2.12. The Morgan fingerprint density at radius 2 is 1.93 bits per heavy atom. The number of hydrogen-bond acceptors (Lipinski definition) is 3. The lowest BCUT2D eigenvalue weighted by Crippen LogP contribution is -2.27. The molecule has 3 heteroatoms. The number of nitrogens with two attached hydrogens (primary N) is 1. The van der Waals surface area contributed by atoms with Crippen molar-refractivity contribution in [2.75, 3.05) is 11.9 Å². The molecular weight excluding hydrogens is 174 g/mol. The second-order valence-corrected chi connectivity index (χ2v) is 3.62. The van der Waals surface area contributed by atoms with Crippen molar-refractivity contribution in [2.45, 2.75) is 33.2 Å². The number of aryl methyl sites for hydroxylation is 2. The lowest BCUT2D eigenvalue weighted by Gasteiger charge is -2.16. The second kappa shape index (κ2) is 4.96. The van der Waals surface area contributed by atoms with E-state index >= 15 is 0 Å².